The van der Waals surface area contributed by atoms with Crippen molar-refractivity contribution < 1.29 is 13.9 Å². The predicted molar refractivity (Wildman–Crippen MR) is 130 cm³/mol. The van der Waals surface area contributed by atoms with E-state index in [9.17, 15) is 4.79 Å². The van der Waals surface area contributed by atoms with Crippen LogP contribution in [0.4, 0.5) is 11.4 Å². The van der Waals surface area contributed by atoms with Gasteiger partial charge in [0.1, 0.15) is 5.75 Å². The molecule has 1 aliphatic heterocycles. The van der Waals surface area contributed by atoms with Crippen molar-refractivity contribution in [2.45, 2.75) is 5.22 Å². The Balaban J connectivity index is 1.25. The first-order chi connectivity index (χ1) is 16.1. The Morgan fingerprint density at radius 2 is 1.85 bits per heavy atom. The third-order valence-electron chi connectivity index (χ3n) is 5.27. The molecule has 1 saturated heterocycles. The maximum absolute atomic E-state index is 12.3. The number of methoxy groups -OCH3 is 1. The number of nitrogens with zero attached hydrogens (tertiary/aromatic N) is 4. The molecule has 4 rings (SSSR count). The fraction of sp³-hybridized carbons (Fsp3) is 0.292. The SMILES string of the molecule is C#CCN1CCN(c2ccc(NC(=O)CSc3nnc(-c4ccc(OC)cc4)o3)cc2)CC1. The van der Waals surface area contributed by atoms with Crippen molar-refractivity contribution in [3.8, 4) is 29.5 Å². The molecule has 9 heteroatoms. The number of anilines is 2. The normalized spacial score (nSPS) is 14.0. The first-order valence-electron chi connectivity index (χ1n) is 10.6. The summed E-state index contributed by atoms with van der Waals surface area (Å²) in [4.78, 5) is 16.9. The summed E-state index contributed by atoms with van der Waals surface area (Å²) in [6.07, 6.45) is 5.39. The van der Waals surface area contributed by atoms with E-state index >= 15 is 0 Å². The van der Waals surface area contributed by atoms with Crippen molar-refractivity contribution in [1.29, 1.82) is 0 Å². The maximum atomic E-state index is 12.3. The minimum atomic E-state index is -0.139. The fourth-order valence-corrected chi connectivity index (χ4v) is 4.05. The molecule has 0 aliphatic carbocycles. The van der Waals surface area contributed by atoms with Crippen molar-refractivity contribution in [3.63, 3.8) is 0 Å². The number of terminal acetylenes is 1. The number of ether oxygens (including phenoxy) is 1. The van der Waals surface area contributed by atoms with Gasteiger partial charge >= 0.3 is 0 Å². The number of piperazine rings is 1. The highest BCUT2D eigenvalue weighted by Crippen LogP contribution is 2.25. The van der Waals surface area contributed by atoms with Crippen LogP contribution in [0.3, 0.4) is 0 Å². The highest BCUT2D eigenvalue weighted by Gasteiger charge is 2.16. The van der Waals surface area contributed by atoms with Crippen LogP contribution in [-0.2, 0) is 4.79 Å². The molecule has 0 unspecified atom stereocenters. The van der Waals surface area contributed by atoms with Crippen molar-refractivity contribution in [2.24, 2.45) is 0 Å². The Bertz CT molecular complexity index is 1100. The number of carbonyl (C=O) groups is 1. The van der Waals surface area contributed by atoms with Crippen molar-refractivity contribution in [2.75, 3.05) is 55.8 Å². The molecule has 3 aromatic rings. The summed E-state index contributed by atoms with van der Waals surface area (Å²) in [5, 5.41) is 11.3. The van der Waals surface area contributed by atoms with Crippen LogP contribution in [0, 0.1) is 12.3 Å². The zero-order valence-corrected chi connectivity index (χ0v) is 19.2. The number of hydrogen-bond acceptors (Lipinski definition) is 8. The first-order valence-corrected chi connectivity index (χ1v) is 11.5. The molecule has 1 aliphatic rings. The fourth-order valence-electron chi connectivity index (χ4n) is 3.49. The minimum Gasteiger partial charge on any atom is -0.497 e. The summed E-state index contributed by atoms with van der Waals surface area (Å²) in [6, 6.07) is 15.2. The Morgan fingerprint density at radius 3 is 2.52 bits per heavy atom. The van der Waals surface area contributed by atoms with Gasteiger partial charge < -0.3 is 19.4 Å². The van der Waals surface area contributed by atoms with Gasteiger partial charge in [0.2, 0.25) is 11.8 Å². The lowest BCUT2D eigenvalue weighted by Gasteiger charge is -2.35. The number of benzene rings is 2. The summed E-state index contributed by atoms with van der Waals surface area (Å²) in [5.41, 5.74) is 2.68. The lowest BCUT2D eigenvalue weighted by molar-refractivity contribution is -0.113. The number of hydrogen-bond donors (Lipinski definition) is 1. The van der Waals surface area contributed by atoms with E-state index in [0.717, 1.165) is 48.9 Å². The Labute approximate surface area is 197 Å². The zero-order valence-electron chi connectivity index (χ0n) is 18.4. The molecule has 1 aromatic heterocycles. The third-order valence-corrected chi connectivity index (χ3v) is 6.09. The maximum Gasteiger partial charge on any atom is 0.277 e. The van der Waals surface area contributed by atoms with E-state index < -0.39 is 0 Å². The number of aromatic nitrogens is 2. The van der Waals surface area contributed by atoms with E-state index in [1.54, 1.807) is 7.11 Å². The zero-order chi connectivity index (χ0) is 23.0. The smallest absolute Gasteiger partial charge is 0.277 e. The molecule has 0 spiro atoms. The largest absolute Gasteiger partial charge is 0.497 e. The Kier molecular flexibility index (Phi) is 7.50. The van der Waals surface area contributed by atoms with Gasteiger partial charge in [-0.3, -0.25) is 9.69 Å². The molecule has 0 atom stereocenters. The quantitative estimate of drug-likeness (QED) is 0.403. The molecule has 33 heavy (non-hydrogen) atoms. The van der Waals surface area contributed by atoms with Crippen LogP contribution >= 0.6 is 11.8 Å². The number of rotatable bonds is 8. The van der Waals surface area contributed by atoms with Crippen molar-refractivity contribution in [1.82, 2.24) is 15.1 Å². The van der Waals surface area contributed by atoms with Crippen LogP contribution in [0.25, 0.3) is 11.5 Å². The standard InChI is InChI=1S/C24H25N5O3S/c1-3-12-28-13-15-29(16-14-28)20-8-6-19(7-9-20)25-22(30)17-33-24-27-26-23(32-24)18-4-10-21(31-2)11-5-18/h1,4-11H,12-17H2,2H3,(H,25,30). The van der Waals surface area contributed by atoms with Crippen LogP contribution in [-0.4, -0.2) is 66.6 Å². The summed E-state index contributed by atoms with van der Waals surface area (Å²) in [7, 11) is 1.61. The predicted octanol–water partition coefficient (Wildman–Crippen LogP) is 3.23. The molecule has 8 nitrogen and oxygen atoms in total. The van der Waals surface area contributed by atoms with Gasteiger partial charge in [0.05, 0.1) is 19.4 Å². The lowest BCUT2D eigenvalue weighted by Crippen LogP contribution is -2.46. The number of carbonyl (C=O) groups excluding carboxylic acids is 1. The number of amides is 1. The van der Waals surface area contributed by atoms with Gasteiger partial charge in [-0.05, 0) is 48.5 Å². The summed E-state index contributed by atoms with van der Waals surface area (Å²) in [5.74, 6) is 3.88. The molecule has 2 aromatic carbocycles. The first kappa shape index (κ1) is 22.7. The molecule has 1 fully saturated rings. The molecule has 0 saturated carbocycles. The second kappa shape index (κ2) is 10.9. The second-order valence-electron chi connectivity index (χ2n) is 7.45. The van der Waals surface area contributed by atoms with E-state index in [4.69, 9.17) is 15.6 Å². The minimum absolute atomic E-state index is 0.139. The van der Waals surface area contributed by atoms with Crippen molar-refractivity contribution in [3.05, 3.63) is 48.5 Å². The third kappa shape index (κ3) is 6.06. The molecule has 0 bridgehead atoms. The highest BCUT2D eigenvalue weighted by molar-refractivity contribution is 7.99. The molecular weight excluding hydrogens is 438 g/mol. The summed E-state index contributed by atoms with van der Waals surface area (Å²) < 4.78 is 10.8. The molecule has 170 valence electrons. The van der Waals surface area contributed by atoms with Crippen LogP contribution < -0.4 is 15.0 Å². The van der Waals surface area contributed by atoms with Gasteiger partial charge in [0.25, 0.3) is 5.22 Å². The van der Waals surface area contributed by atoms with Crippen molar-refractivity contribution >= 4 is 29.0 Å². The van der Waals surface area contributed by atoms with E-state index in [2.05, 4.69) is 31.2 Å². The molecule has 2 heterocycles. The average molecular weight is 464 g/mol. The van der Waals surface area contributed by atoms with Gasteiger partial charge in [-0.15, -0.1) is 16.6 Å². The second-order valence-corrected chi connectivity index (χ2v) is 8.38. The number of thioether (sulfide) groups is 1. The molecule has 1 amide bonds. The topological polar surface area (TPSA) is 83.7 Å². The van der Waals surface area contributed by atoms with E-state index in [1.807, 2.05) is 48.5 Å². The lowest BCUT2D eigenvalue weighted by atomic mass is 10.2. The van der Waals surface area contributed by atoms with E-state index in [1.165, 1.54) is 11.8 Å². The van der Waals surface area contributed by atoms with Crippen LogP contribution in [0.15, 0.2) is 58.2 Å². The van der Waals surface area contributed by atoms with Gasteiger partial charge in [-0.2, -0.15) is 0 Å². The van der Waals surface area contributed by atoms with Gasteiger partial charge in [0.15, 0.2) is 0 Å². The highest BCUT2D eigenvalue weighted by atomic mass is 32.2. The summed E-state index contributed by atoms with van der Waals surface area (Å²) >= 11 is 1.20. The van der Waals surface area contributed by atoms with Crippen LogP contribution in [0.2, 0.25) is 0 Å². The Morgan fingerprint density at radius 1 is 1.12 bits per heavy atom. The van der Waals surface area contributed by atoms with E-state index in [-0.39, 0.29) is 11.7 Å². The molecule has 0 radical (unpaired) electrons. The van der Waals surface area contributed by atoms with Crippen LogP contribution in [0.5, 0.6) is 5.75 Å². The molecular formula is C24H25N5O3S. The number of nitrogens with one attached hydrogen (secondary N) is 1. The van der Waals surface area contributed by atoms with Gasteiger partial charge in [-0.25, -0.2) is 0 Å². The average Bonchev–Trinajstić information content (AvgIpc) is 3.33. The van der Waals surface area contributed by atoms with Gasteiger partial charge in [-0.1, -0.05) is 17.7 Å². The summed E-state index contributed by atoms with van der Waals surface area (Å²) in [6.45, 7) is 4.48. The van der Waals surface area contributed by atoms with Crippen LogP contribution in [0.1, 0.15) is 0 Å². The van der Waals surface area contributed by atoms with E-state index in [0.29, 0.717) is 17.7 Å². The monoisotopic (exact) mass is 463 g/mol. The molecule has 1 N–H and O–H groups in total. The van der Waals surface area contributed by atoms with Gasteiger partial charge in [0, 0.05) is 43.1 Å². The Hall–Kier alpha value is -3.48.